The van der Waals surface area contributed by atoms with Gasteiger partial charge in [-0.05, 0) is 81.4 Å². The van der Waals surface area contributed by atoms with E-state index in [0.29, 0.717) is 37.8 Å². The Bertz CT molecular complexity index is 2290. The molecule has 4 aliphatic heterocycles. The Morgan fingerprint density at radius 3 is 2.06 bits per heavy atom. The smallest absolute Gasteiger partial charge is 0.305 e. The van der Waals surface area contributed by atoms with E-state index in [1.807, 2.05) is 30.3 Å². The predicted molar refractivity (Wildman–Crippen MR) is 254 cm³/mol. The molecule has 2 aromatic carbocycles. The minimum absolute atomic E-state index is 0.0348. The highest BCUT2D eigenvalue weighted by atomic mass is 16.4. The Kier molecular flexibility index (Phi) is 18.2. The molecule has 1 unspecified atom stereocenters. The maximum atomic E-state index is 14.2. The van der Waals surface area contributed by atoms with Crippen LogP contribution in [0.3, 0.4) is 0 Å². The first-order valence-corrected chi connectivity index (χ1v) is 24.3. The first kappa shape index (κ1) is 53.4. The van der Waals surface area contributed by atoms with Gasteiger partial charge >= 0.3 is 5.97 Å². The van der Waals surface area contributed by atoms with Gasteiger partial charge in [0, 0.05) is 19.0 Å². The lowest BCUT2D eigenvalue weighted by Gasteiger charge is -2.40. The van der Waals surface area contributed by atoms with Crippen molar-refractivity contribution in [3.63, 3.8) is 0 Å². The fourth-order valence-corrected chi connectivity index (χ4v) is 9.96. The Balaban J connectivity index is 1.07. The van der Waals surface area contributed by atoms with Gasteiger partial charge in [0.25, 0.3) is 0 Å². The van der Waals surface area contributed by atoms with Crippen LogP contribution < -0.4 is 43.0 Å². The summed E-state index contributed by atoms with van der Waals surface area (Å²) in [4.78, 5) is 136. The van der Waals surface area contributed by atoms with Gasteiger partial charge in [-0.15, -0.1) is 0 Å². The highest BCUT2D eigenvalue weighted by molar-refractivity contribution is 5.99. The molecule has 0 aliphatic carbocycles. The third-order valence-corrected chi connectivity index (χ3v) is 13.7. The number of carboxylic acids is 1. The van der Waals surface area contributed by atoms with Crippen molar-refractivity contribution in [3.8, 4) is 0 Å². The fourth-order valence-electron chi connectivity index (χ4n) is 9.96. The van der Waals surface area contributed by atoms with E-state index < -0.39 is 132 Å². The highest BCUT2D eigenvalue weighted by Crippen LogP contribution is 2.40. The number of aliphatic hydroxyl groups is 1. The second-order valence-electron chi connectivity index (χ2n) is 19.2. The number of rotatable bonds is 21. The number of carbonyl (C=O) groups excluding carboxylic acids is 9. The second-order valence-corrected chi connectivity index (χ2v) is 19.2. The Morgan fingerprint density at radius 2 is 1.44 bits per heavy atom. The quantitative estimate of drug-likeness (QED) is 0.0652. The number of nitrogens with zero attached hydrogens (tertiary/aromatic N) is 2. The number of aliphatic carboxylic acids is 1. The zero-order chi connectivity index (χ0) is 51.5. The lowest BCUT2D eigenvalue weighted by atomic mass is 9.81. The summed E-state index contributed by atoms with van der Waals surface area (Å²) in [6, 6.07) is 8.89. The van der Waals surface area contributed by atoms with Crippen molar-refractivity contribution in [1.82, 2.24) is 47.0 Å². The molecule has 384 valence electrons. The predicted octanol–water partition coefficient (Wildman–Crippen LogP) is -1.94. The first-order valence-electron chi connectivity index (χ1n) is 24.3. The monoisotopic (exact) mass is 986 g/mol. The summed E-state index contributed by atoms with van der Waals surface area (Å²) in [6.45, 7) is 4.55. The first-order chi connectivity index (χ1) is 33.8. The largest absolute Gasteiger partial charge is 0.481 e. The molecule has 0 spiro atoms. The van der Waals surface area contributed by atoms with Gasteiger partial charge in [-0.2, -0.15) is 0 Å². The summed E-state index contributed by atoms with van der Waals surface area (Å²) in [5, 5.41) is 38.2. The number of hydrogen-bond acceptors (Lipinski definition) is 12. The number of likely N-dealkylation sites (tertiary alicyclic amines) is 1. The van der Waals surface area contributed by atoms with Crippen molar-refractivity contribution in [2.24, 2.45) is 11.7 Å². The lowest BCUT2D eigenvalue weighted by Crippen LogP contribution is -2.61. The number of piperidine rings is 1. The Morgan fingerprint density at radius 1 is 0.746 bits per heavy atom. The van der Waals surface area contributed by atoms with E-state index in [1.54, 1.807) is 44.2 Å². The molecule has 4 heterocycles. The van der Waals surface area contributed by atoms with Crippen molar-refractivity contribution in [2.45, 2.75) is 145 Å². The van der Waals surface area contributed by atoms with E-state index in [2.05, 4.69) is 37.2 Å². The summed E-state index contributed by atoms with van der Waals surface area (Å²) in [7, 11) is 0. The SMILES string of the molecule is CC(C)[C@H](NC(=O)[C@H](CC(=O)O)NC(=O)[C@@H](NC(=O)[C@@H]1CCCN1)[C@@H](C)O)C(=O)NCC(=O)N1CCCC1C(=O)N[C@@H](Cc1ccccc1)C(=O)N[C@H]1C[C@H]2C[C@@H](c3ccccc3)C[C@@H](C(N)=O)N2C1=O. The molecule has 22 heteroatoms. The van der Waals surface area contributed by atoms with Gasteiger partial charge in [-0.1, -0.05) is 74.5 Å². The summed E-state index contributed by atoms with van der Waals surface area (Å²) in [5.74, 6) is -8.59. The topological polar surface area (TPSA) is 328 Å². The number of amides is 9. The van der Waals surface area contributed by atoms with E-state index in [1.165, 1.54) is 16.7 Å². The van der Waals surface area contributed by atoms with E-state index in [4.69, 9.17) is 5.73 Å². The van der Waals surface area contributed by atoms with Crippen molar-refractivity contribution in [1.29, 1.82) is 0 Å². The summed E-state index contributed by atoms with van der Waals surface area (Å²) in [5.41, 5.74) is 7.55. The summed E-state index contributed by atoms with van der Waals surface area (Å²) >= 11 is 0. The fraction of sp³-hybridized carbons (Fsp3) is 0.551. The van der Waals surface area contributed by atoms with E-state index in [-0.39, 0.29) is 37.8 Å². The molecule has 9 amide bonds. The Labute approximate surface area is 411 Å². The number of carboxylic acid groups (broad SMARTS) is 1. The number of hydrogen-bond donors (Lipinski definition) is 10. The van der Waals surface area contributed by atoms with Gasteiger partial charge in [-0.3, -0.25) is 47.9 Å². The zero-order valence-electron chi connectivity index (χ0n) is 40.1. The molecule has 0 bridgehead atoms. The molecule has 0 aromatic heterocycles. The Hall–Kier alpha value is -6.94. The second kappa shape index (κ2) is 24.3. The highest BCUT2D eigenvalue weighted by Gasteiger charge is 2.50. The van der Waals surface area contributed by atoms with Gasteiger partial charge in [0.1, 0.15) is 42.3 Å². The molecule has 0 radical (unpaired) electrons. The number of fused-ring (bicyclic) bond motifs is 1. The molecular formula is C49H66N10O12. The van der Waals surface area contributed by atoms with Crippen LogP contribution in [0.15, 0.2) is 60.7 Å². The van der Waals surface area contributed by atoms with Crippen molar-refractivity contribution >= 4 is 59.1 Å². The maximum absolute atomic E-state index is 14.2. The van der Waals surface area contributed by atoms with E-state index >= 15 is 0 Å². The van der Waals surface area contributed by atoms with Crippen molar-refractivity contribution in [2.75, 3.05) is 19.6 Å². The summed E-state index contributed by atoms with van der Waals surface area (Å²) < 4.78 is 0. The minimum Gasteiger partial charge on any atom is -0.481 e. The number of nitrogens with one attached hydrogen (secondary N) is 7. The van der Waals surface area contributed by atoms with Crippen molar-refractivity contribution in [3.05, 3.63) is 71.8 Å². The average molecular weight is 987 g/mol. The van der Waals surface area contributed by atoms with Crippen LogP contribution >= 0.6 is 0 Å². The van der Waals surface area contributed by atoms with Crippen LogP contribution in [0.25, 0.3) is 0 Å². The average Bonchev–Trinajstić information content (AvgIpc) is 4.13. The molecule has 4 aliphatic rings. The molecule has 71 heavy (non-hydrogen) atoms. The zero-order valence-corrected chi connectivity index (χ0v) is 40.1. The van der Waals surface area contributed by atoms with Crippen LogP contribution in [0.2, 0.25) is 0 Å². The lowest BCUT2D eigenvalue weighted by molar-refractivity contribution is -0.142. The van der Waals surface area contributed by atoms with Crippen LogP contribution in [-0.4, -0.2) is 159 Å². The number of primary amides is 1. The van der Waals surface area contributed by atoms with Crippen LogP contribution in [0.5, 0.6) is 0 Å². The van der Waals surface area contributed by atoms with Gasteiger partial charge in [0.2, 0.25) is 53.2 Å². The van der Waals surface area contributed by atoms with Crippen LogP contribution in [0.1, 0.15) is 89.2 Å². The molecule has 22 nitrogen and oxygen atoms in total. The van der Waals surface area contributed by atoms with Crippen molar-refractivity contribution < 1.29 is 58.2 Å². The van der Waals surface area contributed by atoms with Gasteiger partial charge in [0.15, 0.2) is 0 Å². The van der Waals surface area contributed by atoms with E-state index in [0.717, 1.165) is 12.0 Å². The molecule has 6 rings (SSSR count). The number of aliphatic hydroxyl groups excluding tert-OH is 1. The minimum atomic E-state index is -1.74. The normalized spacial score (nSPS) is 23.8. The van der Waals surface area contributed by atoms with Gasteiger partial charge < -0.3 is 63.0 Å². The number of benzene rings is 2. The summed E-state index contributed by atoms with van der Waals surface area (Å²) in [6.07, 6.45) is 0.720. The maximum Gasteiger partial charge on any atom is 0.305 e. The molecule has 11 N–H and O–H groups in total. The van der Waals surface area contributed by atoms with Crippen LogP contribution in [-0.2, 0) is 54.4 Å². The van der Waals surface area contributed by atoms with Crippen LogP contribution in [0.4, 0.5) is 0 Å². The molecular weight excluding hydrogens is 921 g/mol. The van der Waals surface area contributed by atoms with Gasteiger partial charge in [-0.25, -0.2) is 0 Å². The van der Waals surface area contributed by atoms with Gasteiger partial charge in [0.05, 0.1) is 25.1 Å². The van der Waals surface area contributed by atoms with Crippen LogP contribution in [0, 0.1) is 5.92 Å². The third-order valence-electron chi connectivity index (χ3n) is 13.7. The number of nitrogens with two attached hydrogens (primary N) is 1. The molecule has 0 saturated carbocycles. The number of carbonyl (C=O) groups is 10. The molecule has 11 atom stereocenters. The standard InChI is InChI=1S/C49H66N10O12/c1-26(2)40(56-45(67)34(24-39(62)63)54-48(70)41(27(3)60)57-43(65)32-16-10-18-51-32)47(69)52-25-38(61)58-19-11-17-36(58)46(68)53-33(20-28-12-6-4-7-13-28)44(66)55-35-23-31-21-30(29-14-8-5-9-15-29)22-37(42(50)64)59(31)49(35)71/h4-9,12-15,26-27,30-37,40-41,51,60H,10-11,16-25H2,1-3H3,(H2,50,64)(H,52,69)(H,53,68)(H,54,70)(H,55,66)(H,56,67)(H,57,65)(H,62,63)/t27-,30-,31-,32+,33+,34+,35+,36?,37+,40+,41+/m1/s1. The molecule has 4 fully saturated rings. The van der Waals surface area contributed by atoms with E-state index in [9.17, 15) is 58.2 Å². The molecule has 2 aromatic rings. The third kappa shape index (κ3) is 13.7. The molecule has 4 saturated heterocycles.